The van der Waals surface area contributed by atoms with Gasteiger partial charge in [-0.2, -0.15) is 4.79 Å². The second kappa shape index (κ2) is 5.34. The monoisotopic (exact) mass is 238 g/mol. The number of hydrogen-bond donors (Lipinski definition) is 1. The largest absolute Gasteiger partial charge is 0.361 e. The number of carbonyl (C=O) groups is 1. The van der Waals surface area contributed by atoms with Crippen molar-refractivity contribution in [2.24, 2.45) is 0 Å². The summed E-state index contributed by atoms with van der Waals surface area (Å²) in [6.45, 7) is 1.86. The van der Waals surface area contributed by atoms with E-state index in [-0.39, 0.29) is 5.71 Å². The highest BCUT2D eigenvalue weighted by molar-refractivity contribution is 7.73. The number of thiol groups is 1. The normalized spacial score (nSPS) is 9.88. The van der Waals surface area contributed by atoms with Crippen LogP contribution < -0.4 is 0 Å². The third-order valence-electron chi connectivity index (χ3n) is 1.98. The van der Waals surface area contributed by atoms with Gasteiger partial charge in [0.1, 0.15) is 0 Å². The minimum Gasteiger partial charge on any atom is -0.361 e. The lowest BCUT2D eigenvalue weighted by atomic mass is 10.1. The molecule has 0 heterocycles. The summed E-state index contributed by atoms with van der Waals surface area (Å²) < 4.78 is 20.9. The Bertz CT molecular complexity index is 518. The van der Waals surface area contributed by atoms with Crippen molar-refractivity contribution in [3.05, 3.63) is 40.9 Å². The van der Waals surface area contributed by atoms with E-state index in [1.165, 1.54) is 0 Å². The van der Waals surface area contributed by atoms with Crippen molar-refractivity contribution < 1.29 is 18.0 Å². The first kappa shape index (κ1) is 12.3. The summed E-state index contributed by atoms with van der Waals surface area (Å²) in [6.07, 6.45) is 0. The lowest BCUT2D eigenvalue weighted by Crippen LogP contribution is -2.20. The average Bonchev–Trinajstić information content (AvgIpc) is 2.25. The van der Waals surface area contributed by atoms with Gasteiger partial charge in [0, 0.05) is 5.56 Å². The van der Waals surface area contributed by atoms with Crippen LogP contribution in [0.5, 0.6) is 0 Å². The van der Waals surface area contributed by atoms with Crippen LogP contribution in [-0.2, 0) is 10.7 Å². The van der Waals surface area contributed by atoms with E-state index in [9.17, 15) is 13.2 Å². The number of rotatable bonds is 4. The molecular weight excluding hydrogens is 228 g/mol. The molecule has 0 aliphatic carbocycles. The summed E-state index contributed by atoms with van der Waals surface area (Å²) >= 11 is 0. The highest BCUT2D eigenvalue weighted by Gasteiger charge is 2.22. The number of ketones is 1. The van der Waals surface area contributed by atoms with Gasteiger partial charge < -0.3 is 5.53 Å². The van der Waals surface area contributed by atoms with E-state index in [4.69, 9.17) is 5.53 Å². The summed E-state index contributed by atoms with van der Waals surface area (Å²) in [6, 6.07) is 6.56. The lowest BCUT2D eigenvalue weighted by Gasteiger charge is -1.96. The van der Waals surface area contributed by atoms with Crippen LogP contribution >= 0.6 is 0 Å². The molecule has 0 unspecified atom stereocenters. The van der Waals surface area contributed by atoms with Gasteiger partial charge in [0.15, 0.2) is 16.5 Å². The van der Waals surface area contributed by atoms with Crippen LogP contribution in [0.3, 0.4) is 0 Å². The Labute approximate surface area is 94.3 Å². The molecule has 0 bridgehead atoms. The van der Waals surface area contributed by atoms with Crippen molar-refractivity contribution in [1.29, 1.82) is 0 Å². The summed E-state index contributed by atoms with van der Waals surface area (Å²) in [5, 5.41) is 0. The van der Waals surface area contributed by atoms with Gasteiger partial charge in [-0.3, -0.25) is 4.79 Å². The second-order valence-corrected chi connectivity index (χ2v) is 4.21. The molecule has 0 saturated carbocycles. The fourth-order valence-electron chi connectivity index (χ4n) is 1.14. The van der Waals surface area contributed by atoms with Gasteiger partial charge in [-0.1, -0.05) is 29.8 Å². The Hall–Kier alpha value is -1.78. The molecule has 0 spiro atoms. The van der Waals surface area contributed by atoms with Crippen LogP contribution in [0.2, 0.25) is 0 Å². The molecule has 1 aromatic carbocycles. The molecule has 1 rings (SSSR count). The van der Waals surface area contributed by atoms with Gasteiger partial charge in [0.25, 0.3) is 5.78 Å². The van der Waals surface area contributed by atoms with E-state index in [0.29, 0.717) is 5.56 Å². The molecule has 1 aromatic rings. The third kappa shape index (κ3) is 3.12. The third-order valence-corrected chi connectivity index (χ3v) is 2.53. The van der Waals surface area contributed by atoms with Crippen LogP contribution in [0.15, 0.2) is 24.3 Å². The quantitative estimate of drug-likeness (QED) is 0.272. The van der Waals surface area contributed by atoms with Crippen molar-refractivity contribution in [2.45, 2.75) is 6.92 Å². The minimum atomic E-state index is -2.79. The van der Waals surface area contributed by atoms with E-state index in [2.05, 4.69) is 4.79 Å². The van der Waals surface area contributed by atoms with Crippen LogP contribution in [0.25, 0.3) is 5.53 Å². The zero-order chi connectivity index (χ0) is 12.1. The molecule has 0 fully saturated rings. The van der Waals surface area contributed by atoms with Gasteiger partial charge in [-0.25, -0.2) is 8.42 Å². The number of Topliss-reactive ketones (excluding diaryl/α,β-unsaturated/α-hetero) is 1. The maximum absolute atomic E-state index is 11.7. The standard InChI is InChI=1S/C10H10N2O3S/c1-7-2-4-8(5-3-7)10(13)9(12-11)6-16(14)15/h2-5,16H,6H2,1H3. The highest BCUT2D eigenvalue weighted by atomic mass is 32.2. The Morgan fingerprint density at radius 1 is 1.31 bits per heavy atom. The Morgan fingerprint density at radius 2 is 1.88 bits per heavy atom. The predicted molar refractivity (Wildman–Crippen MR) is 59.3 cm³/mol. The van der Waals surface area contributed by atoms with E-state index in [1.54, 1.807) is 24.3 Å². The van der Waals surface area contributed by atoms with Gasteiger partial charge in [-0.15, -0.1) is 0 Å². The Morgan fingerprint density at radius 3 is 2.31 bits per heavy atom. The highest BCUT2D eigenvalue weighted by Crippen LogP contribution is 2.04. The van der Waals surface area contributed by atoms with Crippen LogP contribution in [0, 0.1) is 6.92 Å². The minimum absolute atomic E-state index is 0.301. The first-order valence-electron chi connectivity index (χ1n) is 4.48. The van der Waals surface area contributed by atoms with Crippen molar-refractivity contribution >= 4 is 22.2 Å². The summed E-state index contributed by atoms with van der Waals surface area (Å²) in [7, 11) is -2.79. The molecule has 0 saturated heterocycles. The van der Waals surface area contributed by atoms with Crippen molar-refractivity contribution in [2.75, 3.05) is 5.75 Å². The topological polar surface area (TPSA) is 87.6 Å². The predicted octanol–water partition coefficient (Wildman–Crippen LogP) is 0.460. The van der Waals surface area contributed by atoms with Crippen LogP contribution in [0.4, 0.5) is 0 Å². The maximum Gasteiger partial charge on any atom is 0.353 e. The molecule has 84 valence electrons. The van der Waals surface area contributed by atoms with Crippen molar-refractivity contribution in [3.8, 4) is 0 Å². The second-order valence-electron chi connectivity index (χ2n) is 3.23. The maximum atomic E-state index is 11.7. The molecule has 16 heavy (non-hydrogen) atoms. The van der Waals surface area contributed by atoms with Crippen LogP contribution in [-0.4, -0.2) is 30.5 Å². The molecule has 0 aromatic heterocycles. The zero-order valence-electron chi connectivity index (χ0n) is 8.58. The number of benzene rings is 1. The Kier molecular flexibility index (Phi) is 4.10. The first-order valence-corrected chi connectivity index (χ1v) is 5.85. The number of carbonyl (C=O) groups excluding carboxylic acids is 1. The van der Waals surface area contributed by atoms with Crippen LogP contribution in [0.1, 0.15) is 15.9 Å². The van der Waals surface area contributed by atoms with E-state index in [0.717, 1.165) is 5.56 Å². The molecule has 6 heteroatoms. The first-order chi connectivity index (χ1) is 7.54. The average molecular weight is 238 g/mol. The summed E-state index contributed by atoms with van der Waals surface area (Å²) in [4.78, 5) is 14.4. The molecule has 0 N–H and O–H groups in total. The summed E-state index contributed by atoms with van der Waals surface area (Å²) in [5.74, 6) is -1.14. The van der Waals surface area contributed by atoms with E-state index < -0.39 is 22.2 Å². The molecule has 0 aliphatic heterocycles. The Balaban J connectivity index is 3.01. The fourth-order valence-corrected chi connectivity index (χ4v) is 1.59. The molecule has 0 radical (unpaired) electrons. The van der Waals surface area contributed by atoms with E-state index in [1.807, 2.05) is 6.92 Å². The zero-order valence-corrected chi connectivity index (χ0v) is 9.48. The molecule has 0 atom stereocenters. The fraction of sp³-hybridized carbons (Fsp3) is 0.200. The molecule has 0 aliphatic rings. The van der Waals surface area contributed by atoms with Gasteiger partial charge in [-0.05, 0) is 6.92 Å². The van der Waals surface area contributed by atoms with E-state index >= 15 is 0 Å². The number of nitrogens with zero attached hydrogens (tertiary/aromatic N) is 2. The number of hydrogen-bond acceptors (Lipinski definition) is 3. The van der Waals surface area contributed by atoms with Gasteiger partial charge >= 0.3 is 5.71 Å². The van der Waals surface area contributed by atoms with Crippen molar-refractivity contribution in [1.82, 2.24) is 0 Å². The lowest BCUT2D eigenvalue weighted by molar-refractivity contribution is -0.00644. The molecular formula is C10H10N2O3S. The molecule has 0 amide bonds. The smallest absolute Gasteiger partial charge is 0.353 e. The molecule has 5 nitrogen and oxygen atoms in total. The van der Waals surface area contributed by atoms with Crippen molar-refractivity contribution in [3.63, 3.8) is 0 Å². The SMILES string of the molecule is Cc1ccc(C(=O)C(C[SH](=O)=O)=[N+]=[N-])cc1. The summed E-state index contributed by atoms with van der Waals surface area (Å²) in [5.41, 5.74) is 9.47. The van der Waals surface area contributed by atoms with Gasteiger partial charge in [0.05, 0.1) is 0 Å². The van der Waals surface area contributed by atoms with Gasteiger partial charge in [0.2, 0.25) is 0 Å². The number of aryl methyl sites for hydroxylation is 1.